The molecule has 2 aromatic rings. The lowest BCUT2D eigenvalue weighted by atomic mass is 10.1. The molecule has 0 atom stereocenters. The fourth-order valence-corrected chi connectivity index (χ4v) is 4.74. The summed E-state index contributed by atoms with van der Waals surface area (Å²) in [5, 5.41) is 3.58. The van der Waals surface area contributed by atoms with E-state index in [2.05, 4.69) is 5.32 Å². The average molecular weight is 467 g/mol. The number of ether oxygens (including phenoxy) is 2. The van der Waals surface area contributed by atoms with Gasteiger partial charge in [0.05, 0.1) is 38.3 Å². The number of nitrogens with one attached hydrogen (secondary N) is 1. The number of benzene rings is 2. The molecule has 0 heterocycles. The third-order valence-electron chi connectivity index (χ3n) is 5.35. The van der Waals surface area contributed by atoms with Gasteiger partial charge < -0.3 is 14.8 Å². The molecule has 31 heavy (non-hydrogen) atoms. The van der Waals surface area contributed by atoms with E-state index in [-0.39, 0.29) is 29.7 Å². The highest BCUT2D eigenvalue weighted by molar-refractivity contribution is 7.92. The van der Waals surface area contributed by atoms with Gasteiger partial charge in [0.2, 0.25) is 10.0 Å². The molecular weight excluding hydrogens is 440 g/mol. The molecule has 0 aliphatic heterocycles. The van der Waals surface area contributed by atoms with E-state index < -0.39 is 10.0 Å². The van der Waals surface area contributed by atoms with E-state index in [1.165, 1.54) is 30.7 Å². The van der Waals surface area contributed by atoms with Gasteiger partial charge in [-0.3, -0.25) is 9.10 Å². The maximum absolute atomic E-state index is 13.2. The van der Waals surface area contributed by atoms with Crippen LogP contribution in [-0.2, 0) is 16.6 Å². The number of carbonyl (C=O) groups is 1. The molecule has 0 spiro atoms. The third-order valence-corrected chi connectivity index (χ3v) is 6.72. The Bertz CT molecular complexity index is 1030. The van der Waals surface area contributed by atoms with E-state index in [1.54, 1.807) is 24.3 Å². The highest BCUT2D eigenvalue weighted by Gasteiger charge is 2.28. The van der Waals surface area contributed by atoms with Gasteiger partial charge in [0.15, 0.2) is 11.5 Å². The molecule has 0 unspecified atom stereocenters. The molecule has 7 nitrogen and oxygen atoms in total. The van der Waals surface area contributed by atoms with Crippen LogP contribution in [0.3, 0.4) is 0 Å². The molecule has 1 aliphatic carbocycles. The van der Waals surface area contributed by atoms with E-state index in [0.29, 0.717) is 16.5 Å². The monoisotopic (exact) mass is 466 g/mol. The van der Waals surface area contributed by atoms with Crippen LogP contribution in [0.2, 0.25) is 5.02 Å². The molecule has 1 amide bonds. The van der Waals surface area contributed by atoms with Crippen LogP contribution in [0, 0.1) is 0 Å². The second-order valence-corrected chi connectivity index (χ2v) is 9.92. The first kappa shape index (κ1) is 23.2. The summed E-state index contributed by atoms with van der Waals surface area (Å²) in [5.74, 6) is 0.343. The lowest BCUT2D eigenvalue weighted by Gasteiger charge is -2.26. The molecular formula is C22H27ClN2O5S. The number of nitrogens with zero attached hydrogens (tertiary/aromatic N) is 1. The minimum absolute atomic E-state index is 0.0369. The van der Waals surface area contributed by atoms with Crippen molar-refractivity contribution in [3.05, 3.63) is 52.5 Å². The van der Waals surface area contributed by atoms with E-state index in [9.17, 15) is 13.2 Å². The van der Waals surface area contributed by atoms with Crippen molar-refractivity contribution < 1.29 is 22.7 Å². The molecule has 168 valence electrons. The van der Waals surface area contributed by atoms with E-state index >= 15 is 0 Å². The SMILES string of the molecule is COc1cc(C(=O)NC2CCCC2)c(N(Cc2ccc(Cl)cc2)S(C)(=O)=O)cc1OC. The molecule has 0 radical (unpaired) electrons. The Morgan fingerprint density at radius 1 is 1.10 bits per heavy atom. The molecule has 1 aliphatic rings. The summed E-state index contributed by atoms with van der Waals surface area (Å²) in [6.45, 7) is 0.0369. The van der Waals surface area contributed by atoms with Crippen LogP contribution in [0.25, 0.3) is 0 Å². The summed E-state index contributed by atoms with van der Waals surface area (Å²) in [6.07, 6.45) is 5.06. The third kappa shape index (κ3) is 5.62. The van der Waals surface area contributed by atoms with Gasteiger partial charge in [-0.05, 0) is 36.6 Å². The van der Waals surface area contributed by atoms with Crippen molar-refractivity contribution >= 4 is 33.2 Å². The lowest BCUT2D eigenvalue weighted by Crippen LogP contribution is -2.36. The lowest BCUT2D eigenvalue weighted by molar-refractivity contribution is 0.0938. The number of carbonyl (C=O) groups excluding carboxylic acids is 1. The van der Waals surface area contributed by atoms with Gasteiger partial charge in [-0.25, -0.2) is 8.42 Å². The van der Waals surface area contributed by atoms with Crippen LogP contribution >= 0.6 is 11.6 Å². The predicted octanol–water partition coefficient (Wildman–Crippen LogP) is 4.00. The first-order chi connectivity index (χ1) is 14.7. The zero-order valence-electron chi connectivity index (χ0n) is 17.9. The number of amides is 1. The maximum Gasteiger partial charge on any atom is 0.253 e. The number of anilines is 1. The number of sulfonamides is 1. The largest absolute Gasteiger partial charge is 0.493 e. The number of rotatable bonds is 8. The minimum Gasteiger partial charge on any atom is -0.493 e. The van der Waals surface area contributed by atoms with Crippen molar-refractivity contribution in [1.82, 2.24) is 5.32 Å². The zero-order chi connectivity index (χ0) is 22.6. The summed E-state index contributed by atoms with van der Waals surface area (Å²) < 4.78 is 37.5. The molecule has 0 saturated heterocycles. The van der Waals surface area contributed by atoms with Crippen molar-refractivity contribution in [3.8, 4) is 11.5 Å². The Labute approximate surface area is 188 Å². The molecule has 9 heteroatoms. The Kier molecular flexibility index (Phi) is 7.33. The van der Waals surface area contributed by atoms with E-state index in [0.717, 1.165) is 37.5 Å². The van der Waals surface area contributed by atoms with Gasteiger partial charge in [0.1, 0.15) is 0 Å². The maximum atomic E-state index is 13.2. The van der Waals surface area contributed by atoms with Crippen LogP contribution in [0.5, 0.6) is 11.5 Å². The normalized spacial score (nSPS) is 14.3. The van der Waals surface area contributed by atoms with Gasteiger partial charge in [-0.2, -0.15) is 0 Å². The summed E-state index contributed by atoms with van der Waals surface area (Å²) >= 11 is 5.96. The van der Waals surface area contributed by atoms with Crippen LogP contribution in [0.1, 0.15) is 41.6 Å². The van der Waals surface area contributed by atoms with Gasteiger partial charge in [0, 0.05) is 17.1 Å². The Morgan fingerprint density at radius 2 is 1.68 bits per heavy atom. The smallest absolute Gasteiger partial charge is 0.253 e. The predicted molar refractivity (Wildman–Crippen MR) is 122 cm³/mol. The van der Waals surface area contributed by atoms with Crippen LogP contribution < -0.4 is 19.1 Å². The molecule has 0 bridgehead atoms. The van der Waals surface area contributed by atoms with Crippen LogP contribution in [0.15, 0.2) is 36.4 Å². The Morgan fingerprint density at radius 3 is 2.23 bits per heavy atom. The van der Waals surface area contributed by atoms with Gasteiger partial charge in [0.25, 0.3) is 5.91 Å². The number of methoxy groups -OCH3 is 2. The highest BCUT2D eigenvalue weighted by atomic mass is 35.5. The topological polar surface area (TPSA) is 84.9 Å². The summed E-state index contributed by atoms with van der Waals surface area (Å²) in [5.41, 5.74) is 1.17. The van der Waals surface area contributed by atoms with Crippen molar-refractivity contribution in [2.45, 2.75) is 38.3 Å². The standard InChI is InChI=1S/C22H27ClN2O5S/c1-29-20-12-18(22(26)24-17-6-4-5-7-17)19(13-21(20)30-2)25(31(3,27)28)14-15-8-10-16(23)11-9-15/h8-13,17H,4-7,14H2,1-3H3,(H,24,26). The first-order valence-corrected chi connectivity index (χ1v) is 12.2. The van der Waals surface area contributed by atoms with E-state index in [1.807, 2.05) is 0 Å². The quantitative estimate of drug-likeness (QED) is 0.635. The second-order valence-electron chi connectivity index (χ2n) is 7.58. The molecule has 2 aromatic carbocycles. The molecule has 1 fully saturated rings. The fourth-order valence-electron chi connectivity index (χ4n) is 3.73. The fraction of sp³-hybridized carbons (Fsp3) is 0.409. The summed E-state index contributed by atoms with van der Waals surface area (Å²) in [4.78, 5) is 13.2. The van der Waals surface area contributed by atoms with Gasteiger partial charge >= 0.3 is 0 Å². The highest BCUT2D eigenvalue weighted by Crippen LogP contribution is 2.37. The van der Waals surface area contributed by atoms with Crippen molar-refractivity contribution in [1.29, 1.82) is 0 Å². The number of hydrogen-bond acceptors (Lipinski definition) is 5. The number of hydrogen-bond donors (Lipinski definition) is 1. The van der Waals surface area contributed by atoms with E-state index in [4.69, 9.17) is 21.1 Å². The molecule has 1 N–H and O–H groups in total. The second kappa shape index (κ2) is 9.78. The Hall–Kier alpha value is -2.45. The summed E-state index contributed by atoms with van der Waals surface area (Å²) in [7, 11) is -0.797. The van der Waals surface area contributed by atoms with Gasteiger partial charge in [-0.1, -0.05) is 36.6 Å². The first-order valence-electron chi connectivity index (χ1n) is 10.0. The summed E-state index contributed by atoms with van der Waals surface area (Å²) in [6, 6.07) is 10.0. The molecule has 1 saturated carbocycles. The van der Waals surface area contributed by atoms with Crippen molar-refractivity contribution in [2.75, 3.05) is 24.8 Å². The van der Waals surface area contributed by atoms with Crippen molar-refractivity contribution in [2.24, 2.45) is 0 Å². The molecule has 3 rings (SSSR count). The zero-order valence-corrected chi connectivity index (χ0v) is 19.4. The van der Waals surface area contributed by atoms with Gasteiger partial charge in [-0.15, -0.1) is 0 Å². The van der Waals surface area contributed by atoms with Crippen LogP contribution in [0.4, 0.5) is 5.69 Å². The average Bonchev–Trinajstić information content (AvgIpc) is 3.24. The molecule has 0 aromatic heterocycles. The van der Waals surface area contributed by atoms with Crippen LogP contribution in [-0.4, -0.2) is 40.8 Å². The number of halogens is 1. The minimum atomic E-state index is -3.73. The Balaban J connectivity index is 2.08. The van der Waals surface area contributed by atoms with Crippen molar-refractivity contribution in [3.63, 3.8) is 0 Å².